The fourth-order valence-corrected chi connectivity index (χ4v) is 3.24. The maximum Gasteiger partial charge on any atom is 0.257 e. The van der Waals surface area contributed by atoms with E-state index in [-0.39, 0.29) is 11.8 Å². The highest BCUT2D eigenvalue weighted by atomic mass is 35.5. The van der Waals surface area contributed by atoms with E-state index >= 15 is 0 Å². The van der Waals surface area contributed by atoms with Gasteiger partial charge in [0.2, 0.25) is 5.91 Å². The third kappa shape index (κ3) is 5.01. The van der Waals surface area contributed by atoms with Gasteiger partial charge in [-0.15, -0.1) is 0 Å². The first-order chi connectivity index (χ1) is 13.0. The number of nitrogens with zero attached hydrogens (tertiary/aromatic N) is 2. The molecule has 1 aliphatic rings. The zero-order valence-electron chi connectivity index (χ0n) is 15.4. The number of rotatable bonds is 4. The summed E-state index contributed by atoms with van der Waals surface area (Å²) < 4.78 is 5.91. The predicted octanol–water partition coefficient (Wildman–Crippen LogP) is 3.61. The maximum absolute atomic E-state index is 13.0. The Hall–Kier alpha value is -2.53. The molecule has 0 N–H and O–H groups in total. The number of amides is 2. The van der Waals surface area contributed by atoms with E-state index in [1.807, 2.05) is 42.5 Å². The molecule has 27 heavy (non-hydrogen) atoms. The second-order valence-electron chi connectivity index (χ2n) is 6.56. The van der Waals surface area contributed by atoms with E-state index in [1.165, 1.54) is 0 Å². The van der Waals surface area contributed by atoms with Gasteiger partial charge in [-0.25, -0.2) is 0 Å². The van der Waals surface area contributed by atoms with Crippen molar-refractivity contribution in [1.29, 1.82) is 0 Å². The molecule has 0 saturated carbocycles. The smallest absolute Gasteiger partial charge is 0.257 e. The van der Waals surface area contributed by atoms with Gasteiger partial charge >= 0.3 is 0 Å². The number of para-hydroxylation sites is 1. The molecule has 2 amide bonds. The van der Waals surface area contributed by atoms with Crippen molar-refractivity contribution in [3.05, 3.63) is 64.7 Å². The van der Waals surface area contributed by atoms with Crippen LogP contribution in [0.2, 0.25) is 5.02 Å². The molecule has 1 heterocycles. The zero-order chi connectivity index (χ0) is 19.2. The van der Waals surface area contributed by atoms with E-state index in [0.717, 1.165) is 12.0 Å². The molecule has 3 rings (SSSR count). The summed E-state index contributed by atoms with van der Waals surface area (Å²) >= 11 is 5.91. The number of hydrogen-bond acceptors (Lipinski definition) is 3. The van der Waals surface area contributed by atoms with Crippen molar-refractivity contribution in [2.75, 3.05) is 26.2 Å². The molecular formula is C21H23ClN2O3. The van der Waals surface area contributed by atoms with Gasteiger partial charge in [-0.05, 0) is 36.2 Å². The number of ether oxygens (including phenoxy) is 1. The van der Waals surface area contributed by atoms with Crippen LogP contribution in [0.3, 0.4) is 0 Å². The van der Waals surface area contributed by atoms with Crippen LogP contribution in [0.25, 0.3) is 0 Å². The van der Waals surface area contributed by atoms with Crippen molar-refractivity contribution < 1.29 is 14.3 Å². The monoisotopic (exact) mass is 386 g/mol. The van der Waals surface area contributed by atoms with Gasteiger partial charge < -0.3 is 14.5 Å². The van der Waals surface area contributed by atoms with Crippen LogP contribution in [-0.4, -0.2) is 47.8 Å². The maximum atomic E-state index is 13.0. The molecule has 0 aromatic heterocycles. The SMILES string of the molecule is CC(=O)N1CCCN(C(=O)c2ccccc2OCc2ccc(Cl)cc2)CC1. The Morgan fingerprint density at radius 3 is 2.37 bits per heavy atom. The summed E-state index contributed by atoms with van der Waals surface area (Å²) in [6.07, 6.45) is 0.777. The lowest BCUT2D eigenvalue weighted by molar-refractivity contribution is -0.128. The van der Waals surface area contributed by atoms with Crippen LogP contribution in [0.1, 0.15) is 29.3 Å². The average Bonchev–Trinajstić information content (AvgIpc) is 2.94. The van der Waals surface area contributed by atoms with Gasteiger partial charge in [0.15, 0.2) is 0 Å². The molecular weight excluding hydrogens is 364 g/mol. The lowest BCUT2D eigenvalue weighted by Crippen LogP contribution is -2.36. The Morgan fingerprint density at radius 2 is 1.63 bits per heavy atom. The molecule has 1 aliphatic heterocycles. The Balaban J connectivity index is 1.70. The van der Waals surface area contributed by atoms with Crippen molar-refractivity contribution in [2.24, 2.45) is 0 Å². The largest absolute Gasteiger partial charge is 0.488 e. The second-order valence-corrected chi connectivity index (χ2v) is 7.00. The zero-order valence-corrected chi connectivity index (χ0v) is 16.1. The quantitative estimate of drug-likeness (QED) is 0.806. The van der Waals surface area contributed by atoms with E-state index in [2.05, 4.69) is 0 Å². The highest BCUT2D eigenvalue weighted by Gasteiger charge is 2.23. The third-order valence-electron chi connectivity index (χ3n) is 4.65. The molecule has 1 saturated heterocycles. The topological polar surface area (TPSA) is 49.9 Å². The van der Waals surface area contributed by atoms with E-state index in [9.17, 15) is 9.59 Å². The molecule has 2 aromatic rings. The summed E-state index contributed by atoms with van der Waals surface area (Å²) in [6, 6.07) is 14.7. The average molecular weight is 387 g/mol. The molecule has 5 nitrogen and oxygen atoms in total. The number of benzene rings is 2. The van der Waals surface area contributed by atoms with Crippen molar-refractivity contribution in [2.45, 2.75) is 20.0 Å². The van der Waals surface area contributed by atoms with Gasteiger partial charge in [-0.1, -0.05) is 35.9 Å². The second kappa shape index (κ2) is 8.91. The third-order valence-corrected chi connectivity index (χ3v) is 4.91. The first-order valence-corrected chi connectivity index (χ1v) is 9.43. The van der Waals surface area contributed by atoms with Crippen molar-refractivity contribution in [1.82, 2.24) is 9.80 Å². The molecule has 0 unspecified atom stereocenters. The minimum Gasteiger partial charge on any atom is -0.488 e. The molecule has 1 fully saturated rings. The van der Waals surface area contributed by atoms with E-state index in [4.69, 9.17) is 16.3 Å². The fourth-order valence-electron chi connectivity index (χ4n) is 3.12. The van der Waals surface area contributed by atoms with Crippen LogP contribution in [-0.2, 0) is 11.4 Å². The number of halogens is 1. The Labute approximate surface area is 164 Å². The van der Waals surface area contributed by atoms with Crippen LogP contribution in [0.15, 0.2) is 48.5 Å². The highest BCUT2D eigenvalue weighted by molar-refractivity contribution is 6.30. The summed E-state index contributed by atoms with van der Waals surface area (Å²) in [4.78, 5) is 28.2. The van der Waals surface area contributed by atoms with E-state index in [1.54, 1.807) is 22.8 Å². The first kappa shape index (κ1) is 19.2. The molecule has 0 radical (unpaired) electrons. The number of carbonyl (C=O) groups excluding carboxylic acids is 2. The normalized spacial score (nSPS) is 14.6. The molecule has 0 aliphatic carbocycles. The molecule has 0 atom stereocenters. The lowest BCUT2D eigenvalue weighted by atomic mass is 10.1. The molecule has 2 aromatic carbocycles. The highest BCUT2D eigenvalue weighted by Crippen LogP contribution is 2.22. The van der Waals surface area contributed by atoms with Crippen molar-refractivity contribution in [3.8, 4) is 5.75 Å². The van der Waals surface area contributed by atoms with Crippen LogP contribution in [0, 0.1) is 0 Å². The molecule has 6 heteroatoms. The van der Waals surface area contributed by atoms with Crippen molar-refractivity contribution in [3.63, 3.8) is 0 Å². The molecule has 142 valence electrons. The van der Waals surface area contributed by atoms with Crippen LogP contribution >= 0.6 is 11.6 Å². The Morgan fingerprint density at radius 1 is 0.963 bits per heavy atom. The van der Waals surface area contributed by atoms with Gasteiger partial charge in [0.25, 0.3) is 5.91 Å². The fraction of sp³-hybridized carbons (Fsp3) is 0.333. The predicted molar refractivity (Wildman–Crippen MR) is 105 cm³/mol. The number of carbonyl (C=O) groups is 2. The summed E-state index contributed by atoms with van der Waals surface area (Å²) in [5.41, 5.74) is 1.52. The van der Waals surface area contributed by atoms with Crippen LogP contribution in [0.5, 0.6) is 5.75 Å². The van der Waals surface area contributed by atoms with Gasteiger partial charge in [0.1, 0.15) is 12.4 Å². The summed E-state index contributed by atoms with van der Waals surface area (Å²) in [7, 11) is 0. The summed E-state index contributed by atoms with van der Waals surface area (Å²) in [5, 5.41) is 0.676. The van der Waals surface area contributed by atoms with Crippen molar-refractivity contribution >= 4 is 23.4 Å². The summed E-state index contributed by atoms with van der Waals surface area (Å²) in [5.74, 6) is 0.549. The van der Waals surface area contributed by atoms with Gasteiger partial charge in [0, 0.05) is 38.1 Å². The van der Waals surface area contributed by atoms with E-state index in [0.29, 0.717) is 49.1 Å². The van der Waals surface area contributed by atoms with Gasteiger partial charge in [0.05, 0.1) is 5.56 Å². The number of hydrogen-bond donors (Lipinski definition) is 0. The first-order valence-electron chi connectivity index (χ1n) is 9.05. The van der Waals surface area contributed by atoms with Crippen LogP contribution < -0.4 is 4.74 Å². The summed E-state index contributed by atoms with van der Waals surface area (Å²) in [6.45, 7) is 4.34. The molecule has 0 bridgehead atoms. The Kier molecular flexibility index (Phi) is 6.35. The minimum absolute atomic E-state index is 0.0518. The van der Waals surface area contributed by atoms with Gasteiger partial charge in [-0.2, -0.15) is 0 Å². The van der Waals surface area contributed by atoms with E-state index < -0.39 is 0 Å². The van der Waals surface area contributed by atoms with Crippen LogP contribution in [0.4, 0.5) is 0 Å². The lowest BCUT2D eigenvalue weighted by Gasteiger charge is -2.22. The molecule has 0 spiro atoms. The standard InChI is InChI=1S/C21H23ClN2O3/c1-16(25)23-11-4-12-24(14-13-23)21(26)19-5-2-3-6-20(19)27-15-17-7-9-18(22)10-8-17/h2-3,5-10H,4,11-15H2,1H3. The Bertz CT molecular complexity index is 807. The minimum atomic E-state index is -0.0629. The van der Waals surface area contributed by atoms with Gasteiger partial charge in [-0.3, -0.25) is 9.59 Å².